The number of benzene rings is 1. The maximum atomic E-state index is 12.0. The summed E-state index contributed by atoms with van der Waals surface area (Å²) in [7, 11) is 0. The minimum atomic E-state index is -0.701. The number of nitrogens with one attached hydrogen (secondary N) is 2. The molecule has 2 N–H and O–H groups in total. The zero-order valence-electron chi connectivity index (χ0n) is 13.8. The van der Waals surface area contributed by atoms with E-state index < -0.39 is 11.8 Å². The van der Waals surface area contributed by atoms with Crippen molar-refractivity contribution in [2.75, 3.05) is 25.1 Å². The standard InChI is InChI=1S/C17H24N2O4/c1-4-22-13-6-7-15(23-5-2)14(9-13)19-17(21)16(20)18-10-12-8-11(12)3/h6-7,9,11-12H,4-5,8,10H2,1-3H3,(H,18,20)(H,19,21). The molecule has 0 radical (unpaired) electrons. The van der Waals surface area contributed by atoms with Gasteiger partial charge in [0.15, 0.2) is 0 Å². The molecule has 0 spiro atoms. The Morgan fingerprint density at radius 3 is 2.48 bits per heavy atom. The molecule has 0 heterocycles. The Kier molecular flexibility index (Phi) is 5.84. The Morgan fingerprint density at radius 1 is 1.17 bits per heavy atom. The zero-order valence-corrected chi connectivity index (χ0v) is 13.8. The molecule has 126 valence electrons. The second-order valence-corrected chi connectivity index (χ2v) is 5.66. The van der Waals surface area contributed by atoms with Gasteiger partial charge in [-0.3, -0.25) is 9.59 Å². The van der Waals surface area contributed by atoms with Crippen LogP contribution in [-0.4, -0.2) is 31.6 Å². The average molecular weight is 320 g/mol. The van der Waals surface area contributed by atoms with Crippen molar-refractivity contribution in [2.24, 2.45) is 11.8 Å². The van der Waals surface area contributed by atoms with Crippen LogP contribution in [0.25, 0.3) is 0 Å². The molecule has 1 aliphatic carbocycles. The Balaban J connectivity index is 1.99. The maximum Gasteiger partial charge on any atom is 0.313 e. The van der Waals surface area contributed by atoms with Gasteiger partial charge in [-0.2, -0.15) is 0 Å². The molecule has 6 nitrogen and oxygen atoms in total. The van der Waals surface area contributed by atoms with Crippen LogP contribution in [0.2, 0.25) is 0 Å². The van der Waals surface area contributed by atoms with Gasteiger partial charge in [0, 0.05) is 12.6 Å². The molecule has 0 aromatic heterocycles. The summed E-state index contributed by atoms with van der Waals surface area (Å²) in [6.07, 6.45) is 1.10. The third kappa shape index (κ3) is 4.87. The van der Waals surface area contributed by atoms with Crippen LogP contribution in [0.1, 0.15) is 27.2 Å². The SMILES string of the molecule is CCOc1ccc(OCC)c(NC(=O)C(=O)NCC2CC2C)c1. The molecule has 2 amide bonds. The second-order valence-electron chi connectivity index (χ2n) is 5.66. The fourth-order valence-electron chi connectivity index (χ4n) is 2.31. The van der Waals surface area contributed by atoms with Gasteiger partial charge in [-0.05, 0) is 44.2 Å². The van der Waals surface area contributed by atoms with E-state index in [0.717, 1.165) is 6.42 Å². The summed E-state index contributed by atoms with van der Waals surface area (Å²) in [5, 5.41) is 5.26. The van der Waals surface area contributed by atoms with E-state index in [0.29, 0.717) is 48.8 Å². The smallest absolute Gasteiger partial charge is 0.313 e. The van der Waals surface area contributed by atoms with Crippen LogP contribution in [0, 0.1) is 11.8 Å². The van der Waals surface area contributed by atoms with Crippen LogP contribution < -0.4 is 20.1 Å². The van der Waals surface area contributed by atoms with Gasteiger partial charge in [0.2, 0.25) is 0 Å². The van der Waals surface area contributed by atoms with Gasteiger partial charge in [-0.15, -0.1) is 0 Å². The first-order valence-electron chi connectivity index (χ1n) is 8.04. The van der Waals surface area contributed by atoms with Gasteiger partial charge in [0.05, 0.1) is 18.9 Å². The topological polar surface area (TPSA) is 76.7 Å². The molecule has 0 saturated heterocycles. The van der Waals surface area contributed by atoms with Gasteiger partial charge in [0.1, 0.15) is 11.5 Å². The minimum Gasteiger partial charge on any atom is -0.494 e. The first kappa shape index (κ1) is 17.1. The maximum absolute atomic E-state index is 12.0. The minimum absolute atomic E-state index is 0.428. The number of amides is 2. The molecular formula is C17H24N2O4. The third-order valence-corrected chi connectivity index (χ3v) is 3.82. The highest BCUT2D eigenvalue weighted by atomic mass is 16.5. The summed E-state index contributed by atoms with van der Waals surface area (Å²) >= 11 is 0. The van der Waals surface area contributed by atoms with E-state index in [-0.39, 0.29) is 0 Å². The number of hydrogen-bond acceptors (Lipinski definition) is 4. The molecule has 2 unspecified atom stereocenters. The van der Waals surface area contributed by atoms with Gasteiger partial charge in [-0.25, -0.2) is 0 Å². The second kappa shape index (κ2) is 7.85. The Hall–Kier alpha value is -2.24. The monoisotopic (exact) mass is 320 g/mol. The lowest BCUT2D eigenvalue weighted by molar-refractivity contribution is -0.136. The van der Waals surface area contributed by atoms with Crippen LogP contribution in [0.5, 0.6) is 11.5 Å². The van der Waals surface area contributed by atoms with Crippen LogP contribution in [0.4, 0.5) is 5.69 Å². The van der Waals surface area contributed by atoms with Gasteiger partial charge >= 0.3 is 11.8 Å². The summed E-state index contributed by atoms with van der Waals surface area (Å²) in [5.74, 6) is 0.908. The molecule has 2 rings (SSSR count). The fourth-order valence-corrected chi connectivity index (χ4v) is 2.31. The number of carbonyl (C=O) groups excluding carboxylic acids is 2. The van der Waals surface area contributed by atoms with Crippen molar-refractivity contribution in [3.05, 3.63) is 18.2 Å². The number of ether oxygens (including phenoxy) is 2. The molecule has 1 aliphatic rings. The van der Waals surface area contributed by atoms with Gasteiger partial charge in [-0.1, -0.05) is 6.92 Å². The summed E-state index contributed by atoms with van der Waals surface area (Å²) in [6.45, 7) is 7.38. The first-order chi connectivity index (χ1) is 11.0. The number of hydrogen-bond donors (Lipinski definition) is 2. The van der Waals surface area contributed by atoms with E-state index in [9.17, 15) is 9.59 Å². The largest absolute Gasteiger partial charge is 0.494 e. The molecule has 1 saturated carbocycles. The normalized spacial score (nSPS) is 18.9. The zero-order chi connectivity index (χ0) is 16.8. The average Bonchev–Trinajstić information content (AvgIpc) is 3.23. The molecule has 2 atom stereocenters. The van der Waals surface area contributed by atoms with E-state index >= 15 is 0 Å². The summed E-state index contributed by atoms with van der Waals surface area (Å²) in [5.41, 5.74) is 0.428. The Labute approximate surface area is 136 Å². The van der Waals surface area contributed by atoms with Crippen molar-refractivity contribution >= 4 is 17.5 Å². The van der Waals surface area contributed by atoms with Crippen molar-refractivity contribution in [1.29, 1.82) is 0 Å². The van der Waals surface area contributed by atoms with E-state index in [1.165, 1.54) is 0 Å². The number of carbonyl (C=O) groups is 2. The fraction of sp³-hybridized carbons (Fsp3) is 0.529. The van der Waals surface area contributed by atoms with Crippen LogP contribution in [-0.2, 0) is 9.59 Å². The number of anilines is 1. The lowest BCUT2D eigenvalue weighted by atomic mass is 10.2. The highest BCUT2D eigenvalue weighted by molar-refractivity contribution is 6.39. The molecule has 23 heavy (non-hydrogen) atoms. The Bertz CT molecular complexity index is 574. The van der Waals surface area contributed by atoms with Crippen molar-refractivity contribution in [2.45, 2.75) is 27.2 Å². The van der Waals surface area contributed by atoms with E-state index in [4.69, 9.17) is 9.47 Å². The summed E-state index contributed by atoms with van der Waals surface area (Å²) in [6, 6.07) is 5.13. The van der Waals surface area contributed by atoms with Crippen molar-refractivity contribution in [3.8, 4) is 11.5 Å². The lowest BCUT2D eigenvalue weighted by Gasteiger charge is -2.13. The van der Waals surface area contributed by atoms with Crippen molar-refractivity contribution < 1.29 is 19.1 Å². The van der Waals surface area contributed by atoms with Crippen molar-refractivity contribution in [3.63, 3.8) is 0 Å². The predicted octanol–water partition coefficient (Wildman–Crippen LogP) is 2.19. The van der Waals surface area contributed by atoms with E-state index in [1.54, 1.807) is 18.2 Å². The molecule has 1 aromatic rings. The molecule has 1 fully saturated rings. The van der Waals surface area contributed by atoms with Crippen LogP contribution in [0.3, 0.4) is 0 Å². The lowest BCUT2D eigenvalue weighted by Crippen LogP contribution is -2.36. The molecular weight excluding hydrogens is 296 g/mol. The van der Waals surface area contributed by atoms with E-state index in [2.05, 4.69) is 17.6 Å². The van der Waals surface area contributed by atoms with Gasteiger partial charge < -0.3 is 20.1 Å². The van der Waals surface area contributed by atoms with Crippen molar-refractivity contribution in [1.82, 2.24) is 5.32 Å². The van der Waals surface area contributed by atoms with Crippen LogP contribution >= 0.6 is 0 Å². The quantitative estimate of drug-likeness (QED) is 0.755. The van der Waals surface area contributed by atoms with Crippen LogP contribution in [0.15, 0.2) is 18.2 Å². The molecule has 6 heteroatoms. The highest BCUT2D eigenvalue weighted by Gasteiger charge is 2.33. The Morgan fingerprint density at radius 2 is 1.87 bits per heavy atom. The molecule has 1 aromatic carbocycles. The molecule has 0 aliphatic heterocycles. The predicted molar refractivity (Wildman–Crippen MR) is 87.7 cm³/mol. The highest BCUT2D eigenvalue weighted by Crippen LogP contribution is 2.36. The molecule has 0 bridgehead atoms. The van der Waals surface area contributed by atoms with E-state index in [1.807, 2.05) is 13.8 Å². The third-order valence-electron chi connectivity index (χ3n) is 3.82. The summed E-state index contributed by atoms with van der Waals surface area (Å²) < 4.78 is 10.9. The first-order valence-corrected chi connectivity index (χ1v) is 8.04. The number of rotatable bonds is 7. The van der Waals surface area contributed by atoms with Gasteiger partial charge in [0.25, 0.3) is 0 Å². The summed E-state index contributed by atoms with van der Waals surface area (Å²) in [4.78, 5) is 23.9.